The van der Waals surface area contributed by atoms with Crippen molar-refractivity contribution in [3.63, 3.8) is 0 Å². The van der Waals surface area contributed by atoms with Crippen LogP contribution in [0, 0.1) is 0 Å². The maximum Gasteiger partial charge on any atom is 0.239 e. The molecule has 5 heteroatoms. The highest BCUT2D eigenvalue weighted by molar-refractivity contribution is 5.81. The van der Waals surface area contributed by atoms with Gasteiger partial charge in [-0.15, -0.1) is 0 Å². The van der Waals surface area contributed by atoms with E-state index in [0.29, 0.717) is 13.0 Å². The zero-order valence-corrected chi connectivity index (χ0v) is 12.5. The van der Waals surface area contributed by atoms with Gasteiger partial charge < -0.3 is 15.6 Å². The minimum absolute atomic E-state index is 0.0467. The van der Waals surface area contributed by atoms with Crippen molar-refractivity contribution in [1.29, 1.82) is 0 Å². The van der Waals surface area contributed by atoms with Crippen LogP contribution in [0.1, 0.15) is 25.6 Å². The number of carbonyl (C=O) groups excluding carboxylic acids is 1. The molecule has 0 bridgehead atoms. The normalized spacial score (nSPS) is 12.1. The molecular formula is C16H22N4O. The highest BCUT2D eigenvalue weighted by Crippen LogP contribution is 2.16. The Morgan fingerprint density at radius 3 is 2.76 bits per heavy atom. The number of imidazole rings is 1. The molecule has 1 amide bonds. The van der Waals surface area contributed by atoms with E-state index >= 15 is 0 Å². The molecule has 112 valence electrons. The van der Waals surface area contributed by atoms with Gasteiger partial charge in [-0.25, -0.2) is 4.98 Å². The fourth-order valence-corrected chi connectivity index (χ4v) is 2.23. The van der Waals surface area contributed by atoms with Gasteiger partial charge in [0.2, 0.25) is 5.91 Å². The number of hydrogen-bond acceptors (Lipinski definition) is 3. The van der Waals surface area contributed by atoms with Crippen molar-refractivity contribution in [2.75, 3.05) is 7.05 Å². The number of hydrogen-bond donors (Lipinski definition) is 2. The Balaban J connectivity index is 2.01. The Hall–Kier alpha value is -2.14. The maximum absolute atomic E-state index is 12.1. The predicted molar refractivity (Wildman–Crippen MR) is 83.4 cm³/mol. The third-order valence-electron chi connectivity index (χ3n) is 3.39. The molecule has 0 saturated heterocycles. The molecular weight excluding hydrogens is 264 g/mol. The first kappa shape index (κ1) is 15.3. The number of nitrogens with two attached hydrogens (primary N) is 1. The number of amides is 1. The summed E-state index contributed by atoms with van der Waals surface area (Å²) in [5, 5.41) is 0. The summed E-state index contributed by atoms with van der Waals surface area (Å²) in [6.45, 7) is 2.45. The molecule has 21 heavy (non-hydrogen) atoms. The summed E-state index contributed by atoms with van der Waals surface area (Å²) < 4.78 is 0. The second-order valence-corrected chi connectivity index (χ2v) is 5.20. The number of carbonyl (C=O) groups is 1. The molecule has 0 aliphatic rings. The number of nitrogens with one attached hydrogen (secondary N) is 1. The zero-order chi connectivity index (χ0) is 15.2. The molecule has 0 aliphatic carbocycles. The van der Waals surface area contributed by atoms with Crippen molar-refractivity contribution < 1.29 is 4.79 Å². The summed E-state index contributed by atoms with van der Waals surface area (Å²) in [5.41, 5.74) is 7.88. The second-order valence-electron chi connectivity index (χ2n) is 5.20. The van der Waals surface area contributed by atoms with Crippen LogP contribution in [0.5, 0.6) is 0 Å². The van der Waals surface area contributed by atoms with Crippen LogP contribution in [0.4, 0.5) is 0 Å². The van der Waals surface area contributed by atoms with Crippen LogP contribution < -0.4 is 5.73 Å². The van der Waals surface area contributed by atoms with Gasteiger partial charge >= 0.3 is 0 Å². The molecule has 2 rings (SSSR count). The minimum atomic E-state index is -0.427. The van der Waals surface area contributed by atoms with Crippen molar-refractivity contribution in [2.24, 2.45) is 5.73 Å². The zero-order valence-electron chi connectivity index (χ0n) is 12.5. The lowest BCUT2D eigenvalue weighted by Crippen LogP contribution is -2.41. The Morgan fingerprint density at radius 2 is 2.10 bits per heavy atom. The van der Waals surface area contributed by atoms with E-state index in [2.05, 4.69) is 9.97 Å². The van der Waals surface area contributed by atoms with Crippen LogP contribution in [0.3, 0.4) is 0 Å². The largest absolute Gasteiger partial charge is 0.341 e. The number of aromatic amines is 1. The van der Waals surface area contributed by atoms with Crippen LogP contribution in [-0.4, -0.2) is 33.9 Å². The molecule has 0 saturated carbocycles. The fourth-order valence-electron chi connectivity index (χ4n) is 2.23. The number of H-pyrrole nitrogens is 1. The number of benzene rings is 1. The Labute approximate surface area is 125 Å². The SMILES string of the molecule is CCCC(N)C(=O)N(C)Cc1ncc(-c2ccccc2)[nH]1. The molecule has 1 aromatic heterocycles. The van der Waals surface area contributed by atoms with E-state index in [0.717, 1.165) is 23.5 Å². The van der Waals surface area contributed by atoms with Crippen molar-refractivity contribution in [2.45, 2.75) is 32.4 Å². The molecule has 2 aromatic rings. The fraction of sp³-hybridized carbons (Fsp3) is 0.375. The van der Waals surface area contributed by atoms with Crippen LogP contribution in [-0.2, 0) is 11.3 Å². The summed E-state index contributed by atoms with van der Waals surface area (Å²) in [7, 11) is 1.75. The van der Waals surface area contributed by atoms with Crippen molar-refractivity contribution in [3.05, 3.63) is 42.4 Å². The number of rotatable bonds is 6. The standard InChI is InChI=1S/C16H22N4O/c1-3-7-13(17)16(21)20(2)11-15-18-10-14(19-15)12-8-5-4-6-9-12/h4-6,8-10,13H,3,7,11,17H2,1-2H3,(H,18,19). The summed E-state index contributed by atoms with van der Waals surface area (Å²) >= 11 is 0. The first-order valence-electron chi connectivity index (χ1n) is 7.21. The lowest BCUT2D eigenvalue weighted by atomic mass is 10.1. The van der Waals surface area contributed by atoms with E-state index in [-0.39, 0.29) is 5.91 Å². The quantitative estimate of drug-likeness (QED) is 0.854. The van der Waals surface area contributed by atoms with E-state index < -0.39 is 6.04 Å². The lowest BCUT2D eigenvalue weighted by molar-refractivity contribution is -0.132. The summed E-state index contributed by atoms with van der Waals surface area (Å²) in [6.07, 6.45) is 3.39. The van der Waals surface area contributed by atoms with E-state index in [1.807, 2.05) is 37.3 Å². The molecule has 0 fully saturated rings. The van der Waals surface area contributed by atoms with Gasteiger partial charge in [0, 0.05) is 7.05 Å². The second kappa shape index (κ2) is 7.04. The van der Waals surface area contributed by atoms with Crippen LogP contribution in [0.25, 0.3) is 11.3 Å². The van der Waals surface area contributed by atoms with Gasteiger partial charge in [-0.2, -0.15) is 0 Å². The van der Waals surface area contributed by atoms with Crippen molar-refractivity contribution in [1.82, 2.24) is 14.9 Å². The summed E-state index contributed by atoms with van der Waals surface area (Å²) in [6, 6.07) is 9.54. The van der Waals surface area contributed by atoms with Gasteiger partial charge in [-0.1, -0.05) is 43.7 Å². The number of likely N-dealkylation sites (N-methyl/N-ethyl adjacent to an activating group) is 1. The van der Waals surface area contributed by atoms with E-state index in [9.17, 15) is 4.79 Å². The first-order chi connectivity index (χ1) is 10.1. The van der Waals surface area contributed by atoms with Crippen molar-refractivity contribution >= 4 is 5.91 Å². The van der Waals surface area contributed by atoms with Crippen molar-refractivity contribution in [3.8, 4) is 11.3 Å². The molecule has 1 unspecified atom stereocenters. The third kappa shape index (κ3) is 3.92. The van der Waals surface area contributed by atoms with E-state index in [1.54, 1.807) is 18.1 Å². The van der Waals surface area contributed by atoms with Gasteiger partial charge in [0.15, 0.2) is 0 Å². The number of aromatic nitrogens is 2. The molecule has 5 nitrogen and oxygen atoms in total. The Bertz CT molecular complexity index is 579. The smallest absolute Gasteiger partial charge is 0.239 e. The Kier molecular flexibility index (Phi) is 5.11. The predicted octanol–water partition coefficient (Wildman–Crippen LogP) is 2.16. The van der Waals surface area contributed by atoms with Crippen LogP contribution in [0.2, 0.25) is 0 Å². The van der Waals surface area contributed by atoms with Gasteiger partial charge in [0.25, 0.3) is 0 Å². The molecule has 1 aromatic carbocycles. The van der Waals surface area contributed by atoms with E-state index in [4.69, 9.17) is 5.73 Å². The van der Waals surface area contributed by atoms with Crippen LogP contribution in [0.15, 0.2) is 36.5 Å². The average molecular weight is 286 g/mol. The molecule has 0 aliphatic heterocycles. The van der Waals surface area contributed by atoms with Gasteiger partial charge in [-0.05, 0) is 12.0 Å². The number of nitrogens with zero attached hydrogens (tertiary/aromatic N) is 2. The maximum atomic E-state index is 12.1. The summed E-state index contributed by atoms with van der Waals surface area (Å²) in [4.78, 5) is 21.3. The first-order valence-corrected chi connectivity index (χ1v) is 7.21. The molecule has 1 atom stereocenters. The highest BCUT2D eigenvalue weighted by atomic mass is 16.2. The van der Waals surface area contributed by atoms with Gasteiger partial charge in [-0.3, -0.25) is 4.79 Å². The van der Waals surface area contributed by atoms with Gasteiger partial charge in [0.05, 0.1) is 24.5 Å². The van der Waals surface area contributed by atoms with Crippen LogP contribution >= 0.6 is 0 Å². The molecule has 3 N–H and O–H groups in total. The van der Waals surface area contributed by atoms with Gasteiger partial charge in [0.1, 0.15) is 5.82 Å². The lowest BCUT2D eigenvalue weighted by Gasteiger charge is -2.19. The molecule has 0 radical (unpaired) electrons. The molecule has 1 heterocycles. The highest BCUT2D eigenvalue weighted by Gasteiger charge is 2.18. The molecule has 0 spiro atoms. The van der Waals surface area contributed by atoms with E-state index in [1.165, 1.54) is 0 Å². The summed E-state index contributed by atoms with van der Waals surface area (Å²) in [5.74, 6) is 0.711. The topological polar surface area (TPSA) is 75.0 Å². The third-order valence-corrected chi connectivity index (χ3v) is 3.39. The average Bonchev–Trinajstić information content (AvgIpc) is 2.96. The monoisotopic (exact) mass is 286 g/mol. The Morgan fingerprint density at radius 1 is 1.38 bits per heavy atom. The minimum Gasteiger partial charge on any atom is -0.341 e.